The van der Waals surface area contributed by atoms with Crippen molar-refractivity contribution in [3.8, 4) is 11.5 Å². The first kappa shape index (κ1) is 29.9. The van der Waals surface area contributed by atoms with Crippen LogP contribution >= 0.6 is 0 Å². The highest BCUT2D eigenvalue weighted by Gasteiger charge is 2.27. The summed E-state index contributed by atoms with van der Waals surface area (Å²) in [4.78, 5) is 4.84. The van der Waals surface area contributed by atoms with Gasteiger partial charge in [-0.2, -0.15) is 0 Å². The normalized spacial score (nSPS) is 18.5. The van der Waals surface area contributed by atoms with Crippen LogP contribution in [-0.4, -0.2) is 61.6 Å². The summed E-state index contributed by atoms with van der Waals surface area (Å²) in [5, 5.41) is 0. The summed E-state index contributed by atoms with van der Waals surface area (Å²) >= 11 is 0. The number of rotatable bonds is 18. The minimum atomic E-state index is -0.0900. The Balaban J connectivity index is 1.97. The van der Waals surface area contributed by atoms with Gasteiger partial charge in [0.05, 0.1) is 13.2 Å². The molecule has 1 aliphatic heterocycles. The fourth-order valence-corrected chi connectivity index (χ4v) is 4.84. The average molecular weight is 491 g/mol. The standard InChI is InChI=1S/C30H54N2O3/c1-5-9-11-13-15-19-23-31(7-3)29-25-33-26-30(35-28-22-18-17-21-27(28)34-29)32(8-4)24-20-16-14-12-10-6-2/h17-18,21-22,29-30H,5-16,19-20,23-26H2,1-4H3. The van der Waals surface area contributed by atoms with E-state index in [1.807, 2.05) is 24.3 Å². The summed E-state index contributed by atoms with van der Waals surface area (Å²) in [7, 11) is 0. The third-order valence-corrected chi connectivity index (χ3v) is 7.12. The van der Waals surface area contributed by atoms with Crippen molar-refractivity contribution >= 4 is 0 Å². The summed E-state index contributed by atoms with van der Waals surface area (Å²) in [5.74, 6) is 1.65. The summed E-state index contributed by atoms with van der Waals surface area (Å²) in [6.07, 6.45) is 15.5. The van der Waals surface area contributed by atoms with Crippen molar-refractivity contribution in [2.24, 2.45) is 0 Å². The van der Waals surface area contributed by atoms with Crippen molar-refractivity contribution in [3.05, 3.63) is 24.3 Å². The van der Waals surface area contributed by atoms with Crippen molar-refractivity contribution in [3.63, 3.8) is 0 Å². The number of hydrogen-bond donors (Lipinski definition) is 0. The van der Waals surface area contributed by atoms with Crippen molar-refractivity contribution < 1.29 is 14.2 Å². The Morgan fingerprint density at radius 3 is 1.40 bits per heavy atom. The van der Waals surface area contributed by atoms with Gasteiger partial charge in [-0.25, -0.2) is 0 Å². The van der Waals surface area contributed by atoms with Crippen LogP contribution in [-0.2, 0) is 4.74 Å². The Bertz CT molecular complexity index is 589. The predicted octanol–water partition coefficient (Wildman–Crippen LogP) is 7.49. The first-order chi connectivity index (χ1) is 17.2. The highest BCUT2D eigenvalue weighted by molar-refractivity contribution is 5.39. The number of likely N-dealkylation sites (N-methyl/N-ethyl adjacent to an activating group) is 2. The molecule has 0 aromatic heterocycles. The van der Waals surface area contributed by atoms with Crippen molar-refractivity contribution in [1.29, 1.82) is 0 Å². The van der Waals surface area contributed by atoms with Gasteiger partial charge in [-0.3, -0.25) is 9.80 Å². The van der Waals surface area contributed by atoms with Gasteiger partial charge in [-0.05, 0) is 38.1 Å². The van der Waals surface area contributed by atoms with Crippen LogP contribution in [0.1, 0.15) is 105 Å². The van der Waals surface area contributed by atoms with Crippen LogP contribution in [0.2, 0.25) is 0 Å². The summed E-state index contributed by atoms with van der Waals surface area (Å²) in [6, 6.07) is 8.14. The number of hydrogen-bond acceptors (Lipinski definition) is 5. The van der Waals surface area contributed by atoms with Crippen LogP contribution in [0, 0.1) is 0 Å². The van der Waals surface area contributed by atoms with Crippen LogP contribution in [0.4, 0.5) is 0 Å². The Kier molecular flexibility index (Phi) is 16.2. The quantitative estimate of drug-likeness (QED) is 0.199. The maximum atomic E-state index is 6.52. The second-order valence-electron chi connectivity index (χ2n) is 9.92. The van der Waals surface area contributed by atoms with Gasteiger partial charge in [0.2, 0.25) is 0 Å². The SMILES string of the molecule is CCCCCCCCN(CC)C1COCC(N(CC)CCCCCCCC)Oc2ccccc2O1. The van der Waals surface area contributed by atoms with Gasteiger partial charge < -0.3 is 14.2 Å². The Hall–Kier alpha value is -1.30. The van der Waals surface area contributed by atoms with Crippen LogP contribution in [0.25, 0.3) is 0 Å². The van der Waals surface area contributed by atoms with E-state index in [1.54, 1.807) is 0 Å². The van der Waals surface area contributed by atoms with Crippen molar-refractivity contribution in [2.75, 3.05) is 39.4 Å². The maximum Gasteiger partial charge on any atom is 0.176 e. The van der Waals surface area contributed by atoms with Crippen LogP contribution in [0.15, 0.2) is 24.3 Å². The Labute approximate surface area is 216 Å². The smallest absolute Gasteiger partial charge is 0.176 e. The zero-order valence-electron chi connectivity index (χ0n) is 23.3. The summed E-state index contributed by atoms with van der Waals surface area (Å²) < 4.78 is 19.3. The number of fused-ring (bicyclic) bond motifs is 1. The molecule has 2 rings (SSSR count). The minimum Gasteiger partial charge on any atom is -0.469 e. The first-order valence-corrected chi connectivity index (χ1v) is 14.7. The zero-order valence-corrected chi connectivity index (χ0v) is 23.3. The van der Waals surface area contributed by atoms with Gasteiger partial charge in [0.1, 0.15) is 0 Å². The van der Waals surface area contributed by atoms with E-state index >= 15 is 0 Å². The van der Waals surface area contributed by atoms with E-state index < -0.39 is 0 Å². The van der Waals surface area contributed by atoms with Crippen LogP contribution in [0.3, 0.4) is 0 Å². The molecule has 0 spiro atoms. The lowest BCUT2D eigenvalue weighted by atomic mass is 10.1. The highest BCUT2D eigenvalue weighted by atomic mass is 16.6. The second kappa shape index (κ2) is 18.9. The third kappa shape index (κ3) is 11.5. The predicted molar refractivity (Wildman–Crippen MR) is 147 cm³/mol. The molecule has 1 aliphatic rings. The summed E-state index contributed by atoms with van der Waals surface area (Å²) in [5.41, 5.74) is 0. The largest absolute Gasteiger partial charge is 0.469 e. The monoisotopic (exact) mass is 490 g/mol. The molecule has 2 unspecified atom stereocenters. The van der Waals surface area contributed by atoms with E-state index in [0.717, 1.165) is 37.7 Å². The number of unbranched alkanes of at least 4 members (excludes halogenated alkanes) is 10. The van der Waals surface area contributed by atoms with E-state index in [0.29, 0.717) is 13.2 Å². The van der Waals surface area contributed by atoms with Gasteiger partial charge in [-0.15, -0.1) is 0 Å². The molecule has 5 nitrogen and oxygen atoms in total. The fourth-order valence-electron chi connectivity index (χ4n) is 4.84. The number of benzene rings is 1. The molecule has 0 amide bonds. The average Bonchev–Trinajstić information content (AvgIpc) is 2.97. The molecule has 5 heteroatoms. The fraction of sp³-hybridized carbons (Fsp3) is 0.800. The van der Waals surface area contributed by atoms with E-state index in [-0.39, 0.29) is 12.5 Å². The molecule has 1 heterocycles. The molecule has 0 bridgehead atoms. The molecule has 0 saturated carbocycles. The number of nitrogens with zero attached hydrogens (tertiary/aromatic N) is 2. The lowest BCUT2D eigenvalue weighted by molar-refractivity contribution is -0.0723. The molecule has 0 radical (unpaired) electrons. The topological polar surface area (TPSA) is 34.2 Å². The Morgan fingerprint density at radius 1 is 0.600 bits per heavy atom. The molecule has 35 heavy (non-hydrogen) atoms. The Morgan fingerprint density at radius 2 is 1.00 bits per heavy atom. The molecule has 0 saturated heterocycles. The van der Waals surface area contributed by atoms with E-state index in [9.17, 15) is 0 Å². The molecule has 0 N–H and O–H groups in total. The van der Waals surface area contributed by atoms with Gasteiger partial charge in [0, 0.05) is 13.1 Å². The van der Waals surface area contributed by atoms with Gasteiger partial charge in [-0.1, -0.05) is 104 Å². The zero-order chi connectivity index (χ0) is 25.1. The van der Waals surface area contributed by atoms with E-state index in [4.69, 9.17) is 14.2 Å². The molecule has 1 aromatic carbocycles. The lowest BCUT2D eigenvalue weighted by Crippen LogP contribution is -2.45. The molecular weight excluding hydrogens is 436 g/mol. The van der Waals surface area contributed by atoms with Crippen molar-refractivity contribution in [2.45, 2.75) is 117 Å². The molecule has 2 atom stereocenters. The van der Waals surface area contributed by atoms with Crippen LogP contribution in [0.5, 0.6) is 11.5 Å². The second-order valence-corrected chi connectivity index (χ2v) is 9.92. The minimum absolute atomic E-state index is 0.0900. The maximum absolute atomic E-state index is 6.52. The molecule has 1 aromatic rings. The molecule has 0 fully saturated rings. The van der Waals surface area contributed by atoms with Gasteiger partial charge in [0.25, 0.3) is 0 Å². The van der Waals surface area contributed by atoms with Gasteiger partial charge >= 0.3 is 0 Å². The molecule has 202 valence electrons. The summed E-state index contributed by atoms with van der Waals surface area (Å²) in [6.45, 7) is 14.1. The van der Waals surface area contributed by atoms with E-state index in [2.05, 4.69) is 37.5 Å². The molecule has 0 aliphatic carbocycles. The highest BCUT2D eigenvalue weighted by Crippen LogP contribution is 2.31. The molecular formula is C30H54N2O3. The van der Waals surface area contributed by atoms with Gasteiger partial charge in [0.15, 0.2) is 24.0 Å². The lowest BCUT2D eigenvalue weighted by Gasteiger charge is -2.31. The number of para-hydroxylation sites is 2. The first-order valence-electron chi connectivity index (χ1n) is 14.7. The van der Waals surface area contributed by atoms with Crippen molar-refractivity contribution in [1.82, 2.24) is 9.80 Å². The number of ether oxygens (including phenoxy) is 3. The van der Waals surface area contributed by atoms with E-state index in [1.165, 1.54) is 77.0 Å². The van der Waals surface area contributed by atoms with Crippen LogP contribution < -0.4 is 9.47 Å². The third-order valence-electron chi connectivity index (χ3n) is 7.12.